The second kappa shape index (κ2) is 7.36. The number of piperazine rings is 1. The zero-order valence-corrected chi connectivity index (χ0v) is 11.6. The molecule has 0 saturated carbocycles. The Hall–Kier alpha value is -1.10. The van der Waals surface area contributed by atoms with Crippen molar-refractivity contribution in [2.24, 2.45) is 5.92 Å². The first-order valence-corrected chi connectivity index (χ1v) is 6.72. The molecular formula is C13H24N2O3. The van der Waals surface area contributed by atoms with Gasteiger partial charge in [-0.1, -0.05) is 13.8 Å². The molecule has 1 saturated heterocycles. The molecule has 1 rings (SSSR count). The van der Waals surface area contributed by atoms with Gasteiger partial charge in [0.2, 0.25) is 11.8 Å². The molecule has 0 aromatic heterocycles. The van der Waals surface area contributed by atoms with Crippen molar-refractivity contribution in [1.29, 1.82) is 0 Å². The summed E-state index contributed by atoms with van der Waals surface area (Å²) in [5, 5.41) is 2.82. The highest BCUT2D eigenvalue weighted by Crippen LogP contribution is 2.15. The number of carbonyl (C=O) groups excluding carboxylic acids is 2. The van der Waals surface area contributed by atoms with Gasteiger partial charge in [0.05, 0.1) is 0 Å². The Morgan fingerprint density at radius 3 is 2.89 bits per heavy atom. The minimum absolute atomic E-state index is 0.0330. The average Bonchev–Trinajstić information content (AvgIpc) is 2.33. The van der Waals surface area contributed by atoms with Crippen molar-refractivity contribution in [3.05, 3.63) is 0 Å². The Kier molecular flexibility index (Phi) is 6.12. The van der Waals surface area contributed by atoms with Gasteiger partial charge < -0.3 is 15.0 Å². The highest BCUT2D eigenvalue weighted by molar-refractivity contribution is 5.89. The van der Waals surface area contributed by atoms with Crippen molar-refractivity contribution < 1.29 is 14.3 Å². The van der Waals surface area contributed by atoms with Crippen LogP contribution in [0.1, 0.15) is 33.6 Å². The molecule has 1 aliphatic rings. The van der Waals surface area contributed by atoms with Gasteiger partial charge in [-0.15, -0.1) is 0 Å². The summed E-state index contributed by atoms with van der Waals surface area (Å²) in [4.78, 5) is 25.6. The normalized spacial score (nSPS) is 20.1. The van der Waals surface area contributed by atoms with Gasteiger partial charge in [0, 0.05) is 32.7 Å². The van der Waals surface area contributed by atoms with Crippen LogP contribution in [-0.4, -0.2) is 49.1 Å². The first-order valence-electron chi connectivity index (χ1n) is 6.72. The quantitative estimate of drug-likeness (QED) is 0.715. The van der Waals surface area contributed by atoms with E-state index in [1.165, 1.54) is 0 Å². The Balaban J connectivity index is 2.50. The third-order valence-corrected chi connectivity index (χ3v) is 3.09. The van der Waals surface area contributed by atoms with E-state index in [-0.39, 0.29) is 23.8 Å². The van der Waals surface area contributed by atoms with Gasteiger partial charge in [0.25, 0.3) is 0 Å². The van der Waals surface area contributed by atoms with Crippen molar-refractivity contribution in [1.82, 2.24) is 10.2 Å². The van der Waals surface area contributed by atoms with Crippen LogP contribution in [-0.2, 0) is 14.3 Å². The van der Waals surface area contributed by atoms with Crippen LogP contribution >= 0.6 is 0 Å². The van der Waals surface area contributed by atoms with Crippen molar-refractivity contribution in [3.8, 4) is 0 Å². The topological polar surface area (TPSA) is 58.6 Å². The average molecular weight is 256 g/mol. The van der Waals surface area contributed by atoms with Crippen molar-refractivity contribution in [2.45, 2.75) is 39.7 Å². The van der Waals surface area contributed by atoms with Gasteiger partial charge >= 0.3 is 0 Å². The summed E-state index contributed by atoms with van der Waals surface area (Å²) in [6, 6.07) is -0.321. The van der Waals surface area contributed by atoms with Crippen LogP contribution in [0.15, 0.2) is 0 Å². The van der Waals surface area contributed by atoms with Gasteiger partial charge in [0.15, 0.2) is 0 Å². The third kappa shape index (κ3) is 3.98. The molecule has 0 radical (unpaired) electrons. The molecule has 1 unspecified atom stereocenters. The predicted molar refractivity (Wildman–Crippen MR) is 69.1 cm³/mol. The summed E-state index contributed by atoms with van der Waals surface area (Å²) in [5.41, 5.74) is 0. The fourth-order valence-corrected chi connectivity index (χ4v) is 2.24. The van der Waals surface area contributed by atoms with Crippen molar-refractivity contribution in [2.75, 3.05) is 26.3 Å². The van der Waals surface area contributed by atoms with Gasteiger partial charge in [-0.3, -0.25) is 9.59 Å². The van der Waals surface area contributed by atoms with Crippen LogP contribution in [0.4, 0.5) is 0 Å². The number of ether oxygens (including phenoxy) is 1. The molecule has 1 fully saturated rings. The van der Waals surface area contributed by atoms with E-state index in [1.54, 1.807) is 4.90 Å². The van der Waals surface area contributed by atoms with Crippen LogP contribution < -0.4 is 5.32 Å². The Morgan fingerprint density at radius 1 is 1.56 bits per heavy atom. The number of carbonyl (C=O) groups is 2. The lowest BCUT2D eigenvalue weighted by atomic mass is 9.99. The molecular weight excluding hydrogens is 232 g/mol. The number of nitrogens with zero attached hydrogens (tertiary/aromatic N) is 1. The molecule has 104 valence electrons. The maximum Gasteiger partial charge on any atom is 0.243 e. The van der Waals surface area contributed by atoms with Gasteiger partial charge in [-0.05, 0) is 19.3 Å². The van der Waals surface area contributed by atoms with Gasteiger partial charge in [-0.25, -0.2) is 0 Å². The van der Waals surface area contributed by atoms with E-state index in [0.717, 1.165) is 6.42 Å². The Bertz CT molecular complexity index is 292. The molecule has 1 N–H and O–H groups in total. The summed E-state index contributed by atoms with van der Waals surface area (Å²) >= 11 is 0. The number of nitrogens with one attached hydrogen (secondary N) is 1. The van der Waals surface area contributed by atoms with E-state index in [2.05, 4.69) is 5.32 Å². The largest absolute Gasteiger partial charge is 0.382 e. The summed E-state index contributed by atoms with van der Waals surface area (Å²) in [6.07, 6.45) is 1.17. The maximum atomic E-state index is 12.1. The highest BCUT2D eigenvalue weighted by Gasteiger charge is 2.34. The smallest absolute Gasteiger partial charge is 0.243 e. The number of hydrogen-bond donors (Lipinski definition) is 1. The summed E-state index contributed by atoms with van der Waals surface area (Å²) in [6.45, 7) is 8.32. The van der Waals surface area contributed by atoms with Gasteiger partial charge in [-0.2, -0.15) is 0 Å². The van der Waals surface area contributed by atoms with E-state index in [9.17, 15) is 9.59 Å². The molecule has 1 atom stereocenters. The zero-order valence-electron chi connectivity index (χ0n) is 11.6. The standard InChI is InChI=1S/C13H24N2O3/c1-4-18-9-5-6-11(16)15-8-7-14-13(17)12(15)10(2)3/h10,12H,4-9H2,1-3H3,(H,14,17). The van der Waals surface area contributed by atoms with Gasteiger partial charge in [0.1, 0.15) is 6.04 Å². The number of rotatable bonds is 6. The first kappa shape index (κ1) is 15.0. The minimum atomic E-state index is -0.321. The molecule has 0 spiro atoms. The molecule has 5 heteroatoms. The third-order valence-electron chi connectivity index (χ3n) is 3.09. The lowest BCUT2D eigenvalue weighted by Crippen LogP contribution is -2.59. The maximum absolute atomic E-state index is 12.1. The van der Waals surface area contributed by atoms with E-state index in [0.29, 0.717) is 32.7 Å². The van der Waals surface area contributed by atoms with Crippen LogP contribution in [0.25, 0.3) is 0 Å². The molecule has 18 heavy (non-hydrogen) atoms. The molecule has 2 amide bonds. The SMILES string of the molecule is CCOCCCC(=O)N1CCNC(=O)C1C(C)C. The molecule has 0 aromatic rings. The monoisotopic (exact) mass is 256 g/mol. The van der Waals surface area contributed by atoms with Crippen LogP contribution in [0.2, 0.25) is 0 Å². The highest BCUT2D eigenvalue weighted by atomic mass is 16.5. The Labute approximate surface area is 109 Å². The molecule has 0 aromatic carbocycles. The summed E-state index contributed by atoms with van der Waals surface area (Å²) < 4.78 is 5.22. The minimum Gasteiger partial charge on any atom is -0.382 e. The fourth-order valence-electron chi connectivity index (χ4n) is 2.24. The van der Waals surface area contributed by atoms with Crippen LogP contribution in [0.3, 0.4) is 0 Å². The number of amides is 2. The Morgan fingerprint density at radius 2 is 2.28 bits per heavy atom. The number of hydrogen-bond acceptors (Lipinski definition) is 3. The lowest BCUT2D eigenvalue weighted by Gasteiger charge is -2.37. The second-order valence-electron chi connectivity index (χ2n) is 4.87. The molecule has 5 nitrogen and oxygen atoms in total. The van der Waals surface area contributed by atoms with E-state index in [4.69, 9.17) is 4.74 Å². The summed E-state index contributed by atoms with van der Waals surface area (Å²) in [5.74, 6) is 0.166. The van der Waals surface area contributed by atoms with Crippen molar-refractivity contribution >= 4 is 11.8 Å². The molecule has 0 bridgehead atoms. The molecule has 1 aliphatic heterocycles. The first-order chi connectivity index (χ1) is 8.57. The predicted octanol–water partition coefficient (Wildman–Crippen LogP) is 0.786. The fraction of sp³-hybridized carbons (Fsp3) is 0.846. The zero-order chi connectivity index (χ0) is 13.5. The van der Waals surface area contributed by atoms with Crippen LogP contribution in [0, 0.1) is 5.92 Å². The van der Waals surface area contributed by atoms with E-state index >= 15 is 0 Å². The molecule has 1 heterocycles. The lowest BCUT2D eigenvalue weighted by molar-refractivity contribution is -0.145. The van der Waals surface area contributed by atoms with E-state index < -0.39 is 0 Å². The second-order valence-corrected chi connectivity index (χ2v) is 4.87. The summed E-state index contributed by atoms with van der Waals surface area (Å²) in [7, 11) is 0. The van der Waals surface area contributed by atoms with Crippen LogP contribution in [0.5, 0.6) is 0 Å². The molecule has 0 aliphatic carbocycles. The van der Waals surface area contributed by atoms with Crippen molar-refractivity contribution in [3.63, 3.8) is 0 Å². The van der Waals surface area contributed by atoms with E-state index in [1.807, 2.05) is 20.8 Å².